The summed E-state index contributed by atoms with van der Waals surface area (Å²) in [5.74, 6) is -1.91. The lowest BCUT2D eigenvalue weighted by atomic mass is 9.68. The molecule has 2 aliphatic carbocycles. The number of halogens is 1. The highest BCUT2D eigenvalue weighted by molar-refractivity contribution is 9.10. The lowest BCUT2D eigenvalue weighted by molar-refractivity contribution is -0.535. The molecule has 0 saturated heterocycles. The SMILES string of the molecule is COC(=O)c1cccc([C@@]2(C(=O)OCc3ccccc3)CC3(CC3)[C@H]([N+](=O)[O-])[C@H]2c2cn(C)c3cc(Br)ccc23)c1. The van der Waals surface area contributed by atoms with Crippen LogP contribution in [0, 0.1) is 15.5 Å². The quantitative estimate of drug-likeness (QED) is 0.137. The number of fused-ring (bicyclic) bond motifs is 1. The number of hydrogen-bond donors (Lipinski definition) is 0. The zero-order chi connectivity index (χ0) is 28.9. The fraction of sp³-hybridized carbons (Fsp3) is 0.312. The molecular weight excluding hydrogens is 588 g/mol. The van der Waals surface area contributed by atoms with Crippen molar-refractivity contribution in [3.05, 3.63) is 116 Å². The molecule has 41 heavy (non-hydrogen) atoms. The standard InChI is InChI=1S/C32H29BrN2O6/c1-34-17-25(24-12-11-23(33)16-26(24)34)27-28(35(38)39)31(13-14-31)19-32(27,22-10-6-9-21(15-22)29(36)40-2)30(37)41-18-20-7-4-3-5-8-20/h3-12,15-17,27-28H,13-14,18-19H2,1-2H3/t27-,28-,32+/m1/s1. The molecule has 0 aliphatic heterocycles. The van der Waals surface area contributed by atoms with E-state index in [4.69, 9.17) is 9.47 Å². The largest absolute Gasteiger partial charge is 0.465 e. The highest BCUT2D eigenvalue weighted by Crippen LogP contribution is 2.70. The van der Waals surface area contributed by atoms with E-state index < -0.39 is 34.7 Å². The van der Waals surface area contributed by atoms with Crippen LogP contribution in [0.15, 0.2) is 83.5 Å². The molecule has 0 unspecified atom stereocenters. The third kappa shape index (κ3) is 4.43. The van der Waals surface area contributed by atoms with E-state index in [0.717, 1.165) is 26.5 Å². The van der Waals surface area contributed by atoms with Crippen LogP contribution in [0.1, 0.15) is 52.2 Å². The molecule has 9 heteroatoms. The van der Waals surface area contributed by atoms with Crippen molar-refractivity contribution in [3.63, 3.8) is 0 Å². The van der Waals surface area contributed by atoms with Gasteiger partial charge in [0.25, 0.3) is 0 Å². The summed E-state index contributed by atoms with van der Waals surface area (Å²) in [5, 5.41) is 13.8. The van der Waals surface area contributed by atoms with Gasteiger partial charge >= 0.3 is 11.9 Å². The third-order valence-electron chi connectivity index (χ3n) is 8.92. The van der Waals surface area contributed by atoms with Crippen LogP contribution in [-0.2, 0) is 33.3 Å². The minimum Gasteiger partial charge on any atom is -0.465 e. The van der Waals surface area contributed by atoms with Crippen molar-refractivity contribution >= 4 is 38.8 Å². The van der Waals surface area contributed by atoms with Gasteiger partial charge in [-0.05, 0) is 60.2 Å². The molecule has 3 aromatic carbocycles. The predicted molar refractivity (Wildman–Crippen MR) is 156 cm³/mol. The molecule has 0 N–H and O–H groups in total. The minimum absolute atomic E-state index is 0.0312. The van der Waals surface area contributed by atoms with E-state index in [0.29, 0.717) is 18.4 Å². The number of aryl methyl sites for hydroxylation is 1. The summed E-state index contributed by atoms with van der Waals surface area (Å²) < 4.78 is 13.8. The normalized spacial score (nSPS) is 22.5. The second-order valence-corrected chi connectivity index (χ2v) is 12.1. The zero-order valence-electron chi connectivity index (χ0n) is 22.7. The van der Waals surface area contributed by atoms with Gasteiger partial charge in [-0.25, -0.2) is 4.79 Å². The van der Waals surface area contributed by atoms with Gasteiger partial charge < -0.3 is 14.0 Å². The summed E-state index contributed by atoms with van der Waals surface area (Å²) in [6, 6.07) is 20.9. The summed E-state index contributed by atoms with van der Waals surface area (Å²) in [6.07, 6.45) is 3.45. The number of rotatable bonds is 7. The lowest BCUT2D eigenvalue weighted by Crippen LogP contribution is -2.43. The number of hydrogen-bond acceptors (Lipinski definition) is 6. The molecule has 2 aliphatic rings. The van der Waals surface area contributed by atoms with E-state index in [-0.39, 0.29) is 23.5 Å². The number of nitrogens with zero attached hydrogens (tertiary/aromatic N) is 2. The molecule has 8 nitrogen and oxygen atoms in total. The van der Waals surface area contributed by atoms with Crippen LogP contribution < -0.4 is 0 Å². The van der Waals surface area contributed by atoms with Gasteiger partial charge in [0.15, 0.2) is 0 Å². The highest BCUT2D eigenvalue weighted by atomic mass is 79.9. The summed E-state index contributed by atoms with van der Waals surface area (Å²) in [5.41, 5.74) is 1.16. The number of aromatic nitrogens is 1. The van der Waals surface area contributed by atoms with Crippen molar-refractivity contribution < 1.29 is 24.0 Å². The maximum absolute atomic E-state index is 14.6. The monoisotopic (exact) mass is 616 g/mol. The summed E-state index contributed by atoms with van der Waals surface area (Å²) >= 11 is 3.54. The predicted octanol–water partition coefficient (Wildman–Crippen LogP) is 6.32. The second kappa shape index (κ2) is 10.1. The topological polar surface area (TPSA) is 101 Å². The fourth-order valence-electron chi connectivity index (χ4n) is 6.94. The van der Waals surface area contributed by atoms with E-state index in [2.05, 4.69) is 15.9 Å². The van der Waals surface area contributed by atoms with Gasteiger partial charge in [-0.3, -0.25) is 14.9 Å². The highest BCUT2D eigenvalue weighted by Gasteiger charge is 2.75. The maximum atomic E-state index is 14.6. The molecular formula is C32H29BrN2O6. The lowest BCUT2D eigenvalue weighted by Gasteiger charge is -2.34. The summed E-state index contributed by atoms with van der Waals surface area (Å²) in [6.45, 7) is 0.0312. The molecule has 0 bridgehead atoms. The van der Waals surface area contributed by atoms with Crippen molar-refractivity contribution in [3.8, 4) is 0 Å². The first-order valence-electron chi connectivity index (χ1n) is 13.5. The maximum Gasteiger partial charge on any atom is 0.337 e. The zero-order valence-corrected chi connectivity index (χ0v) is 24.3. The number of methoxy groups -OCH3 is 1. The number of ether oxygens (including phenoxy) is 2. The van der Waals surface area contributed by atoms with Crippen molar-refractivity contribution in [2.45, 2.75) is 43.2 Å². The van der Waals surface area contributed by atoms with Gasteiger partial charge in [0.05, 0.1) is 18.6 Å². The van der Waals surface area contributed by atoms with E-state index in [1.807, 2.05) is 66.3 Å². The Labute approximate surface area is 245 Å². The van der Waals surface area contributed by atoms with E-state index in [9.17, 15) is 19.7 Å². The van der Waals surface area contributed by atoms with E-state index in [1.165, 1.54) is 7.11 Å². The molecule has 210 valence electrons. The molecule has 2 fully saturated rings. The van der Waals surface area contributed by atoms with Gasteiger partial charge in [0.1, 0.15) is 12.0 Å². The van der Waals surface area contributed by atoms with Crippen molar-refractivity contribution in [1.82, 2.24) is 4.57 Å². The Balaban J connectivity index is 1.60. The van der Waals surface area contributed by atoms with Crippen LogP contribution in [0.5, 0.6) is 0 Å². The number of carbonyl (C=O) groups is 2. The molecule has 0 radical (unpaired) electrons. The van der Waals surface area contributed by atoms with Gasteiger partial charge in [-0.2, -0.15) is 0 Å². The molecule has 1 spiro atoms. The van der Waals surface area contributed by atoms with Crippen molar-refractivity contribution in [2.75, 3.05) is 7.11 Å². The Morgan fingerprint density at radius 2 is 1.83 bits per heavy atom. The third-order valence-corrected chi connectivity index (χ3v) is 9.41. The number of benzene rings is 3. The Bertz CT molecular complexity index is 1680. The average Bonchev–Trinajstić information content (AvgIpc) is 3.58. The molecule has 6 rings (SSSR count). The van der Waals surface area contributed by atoms with Crippen LogP contribution >= 0.6 is 15.9 Å². The first kappa shape index (κ1) is 27.2. The number of nitro groups is 1. The van der Waals surface area contributed by atoms with Gasteiger partial charge in [-0.15, -0.1) is 0 Å². The van der Waals surface area contributed by atoms with Gasteiger partial charge in [0.2, 0.25) is 6.04 Å². The molecule has 1 heterocycles. The van der Waals surface area contributed by atoms with Crippen LogP contribution in [0.25, 0.3) is 10.9 Å². The Hall–Kier alpha value is -3.98. The summed E-state index contributed by atoms with van der Waals surface area (Å²) in [7, 11) is 3.20. The molecule has 0 amide bonds. The van der Waals surface area contributed by atoms with Gasteiger partial charge in [-0.1, -0.05) is 64.5 Å². The van der Waals surface area contributed by atoms with Crippen LogP contribution in [0.2, 0.25) is 0 Å². The number of esters is 2. The van der Waals surface area contributed by atoms with Crippen LogP contribution in [0.4, 0.5) is 0 Å². The minimum atomic E-state index is -1.41. The molecule has 1 aromatic heterocycles. The van der Waals surface area contributed by atoms with Crippen LogP contribution in [0.3, 0.4) is 0 Å². The second-order valence-electron chi connectivity index (χ2n) is 11.2. The number of carbonyl (C=O) groups excluding carboxylic acids is 2. The average molecular weight is 617 g/mol. The summed E-state index contributed by atoms with van der Waals surface area (Å²) in [4.78, 5) is 39.9. The molecule has 4 aromatic rings. The van der Waals surface area contributed by atoms with Gasteiger partial charge in [0, 0.05) is 39.0 Å². The first-order valence-corrected chi connectivity index (χ1v) is 14.3. The van der Waals surface area contributed by atoms with Crippen molar-refractivity contribution in [2.24, 2.45) is 12.5 Å². The Morgan fingerprint density at radius 1 is 1.07 bits per heavy atom. The van der Waals surface area contributed by atoms with Crippen molar-refractivity contribution in [1.29, 1.82) is 0 Å². The smallest absolute Gasteiger partial charge is 0.337 e. The molecule has 2 saturated carbocycles. The van der Waals surface area contributed by atoms with Crippen LogP contribution in [-0.4, -0.2) is 34.6 Å². The fourth-order valence-corrected chi connectivity index (χ4v) is 7.28. The molecule has 3 atom stereocenters. The first-order chi connectivity index (χ1) is 19.7. The van der Waals surface area contributed by atoms with E-state index >= 15 is 0 Å². The van der Waals surface area contributed by atoms with E-state index in [1.54, 1.807) is 24.3 Å². The Kier molecular flexibility index (Phi) is 6.72. The Morgan fingerprint density at radius 3 is 2.51 bits per heavy atom.